The monoisotopic (exact) mass is 288 g/mol. The molecule has 1 aliphatic heterocycles. The van der Waals surface area contributed by atoms with Crippen molar-refractivity contribution in [1.82, 2.24) is 0 Å². The minimum Gasteiger partial charge on any atom is -0.456 e. The van der Waals surface area contributed by atoms with E-state index in [4.69, 9.17) is 4.42 Å². The lowest BCUT2D eigenvalue weighted by molar-refractivity contribution is -0.818. The van der Waals surface area contributed by atoms with Crippen LogP contribution in [0.5, 0.6) is 0 Å². The number of rotatable bonds is 2. The van der Waals surface area contributed by atoms with Gasteiger partial charge in [-0.05, 0) is 43.4 Å². The zero-order chi connectivity index (χ0) is 15.1. The van der Waals surface area contributed by atoms with E-state index in [2.05, 4.69) is 62.2 Å². The number of allylic oxidation sites excluding steroid dienone is 2. The topological polar surface area (TPSA) is 17.6 Å². The third kappa shape index (κ3) is 1.92. The molecule has 4 rings (SSSR count). The number of quaternary nitrogens is 1. The van der Waals surface area contributed by atoms with Gasteiger partial charge in [-0.3, -0.25) is 4.90 Å². The van der Waals surface area contributed by atoms with Crippen molar-refractivity contribution in [3.63, 3.8) is 0 Å². The van der Waals surface area contributed by atoms with E-state index in [0.29, 0.717) is 0 Å². The first kappa shape index (κ1) is 13.1. The van der Waals surface area contributed by atoms with Crippen LogP contribution < -0.4 is 4.90 Å². The Balaban J connectivity index is 1.98. The van der Waals surface area contributed by atoms with Crippen molar-refractivity contribution < 1.29 is 9.32 Å². The molecule has 0 fully saturated rings. The van der Waals surface area contributed by atoms with E-state index in [9.17, 15) is 0 Å². The molecule has 0 radical (unpaired) electrons. The third-order valence-electron chi connectivity index (χ3n) is 4.33. The Hall–Kier alpha value is -2.58. The van der Waals surface area contributed by atoms with Crippen LogP contribution in [-0.4, -0.2) is 0 Å². The van der Waals surface area contributed by atoms with Crippen molar-refractivity contribution in [2.45, 2.75) is 13.0 Å². The molecule has 0 amide bonds. The predicted octanol–water partition coefficient (Wildman–Crippen LogP) is 4.13. The normalized spacial score (nSPS) is 21.2. The summed E-state index contributed by atoms with van der Waals surface area (Å²) in [6.45, 7) is 6.09. The Bertz CT molecular complexity index is 929. The first-order valence-electron chi connectivity index (χ1n) is 7.54. The standard InChI is InChI=1S/C20H17NO/c1-3-21-12-11-14(2)13-18(21)17-9-6-8-16-15-7-4-5-10-19(15)22-20(16)17/h3-13,18H,1H2,2H3/p+1. The molecule has 2 atom stereocenters. The molecule has 0 aliphatic carbocycles. The zero-order valence-corrected chi connectivity index (χ0v) is 12.5. The van der Waals surface area contributed by atoms with Gasteiger partial charge in [-0.15, -0.1) is 0 Å². The molecule has 1 aromatic heterocycles. The molecule has 2 aromatic carbocycles. The molecule has 3 aromatic rings. The number of furan rings is 1. The molecule has 2 unspecified atom stereocenters. The summed E-state index contributed by atoms with van der Waals surface area (Å²) in [4.78, 5) is 1.21. The van der Waals surface area contributed by atoms with Crippen LogP contribution in [0, 0.1) is 0 Å². The van der Waals surface area contributed by atoms with Crippen LogP contribution in [0.25, 0.3) is 21.9 Å². The van der Waals surface area contributed by atoms with Gasteiger partial charge in [0.2, 0.25) is 0 Å². The van der Waals surface area contributed by atoms with Crippen LogP contribution in [0.4, 0.5) is 0 Å². The van der Waals surface area contributed by atoms with E-state index < -0.39 is 0 Å². The highest BCUT2D eigenvalue weighted by molar-refractivity contribution is 6.05. The Morgan fingerprint density at radius 2 is 1.91 bits per heavy atom. The smallest absolute Gasteiger partial charge is 0.144 e. The Labute approximate surface area is 129 Å². The second-order valence-electron chi connectivity index (χ2n) is 5.75. The number of hydrogen-bond donors (Lipinski definition) is 1. The van der Waals surface area contributed by atoms with Crippen LogP contribution in [-0.2, 0) is 0 Å². The predicted molar refractivity (Wildman–Crippen MR) is 90.5 cm³/mol. The van der Waals surface area contributed by atoms with Gasteiger partial charge in [-0.25, -0.2) is 0 Å². The van der Waals surface area contributed by atoms with E-state index in [1.165, 1.54) is 26.8 Å². The molecule has 2 nitrogen and oxygen atoms in total. The number of para-hydroxylation sites is 2. The van der Waals surface area contributed by atoms with Crippen molar-refractivity contribution in [2.75, 3.05) is 0 Å². The Kier molecular flexibility index (Phi) is 2.98. The molecule has 2 heterocycles. The molecule has 0 saturated carbocycles. The summed E-state index contributed by atoms with van der Waals surface area (Å²) in [5.41, 5.74) is 4.39. The van der Waals surface area contributed by atoms with E-state index >= 15 is 0 Å². The summed E-state index contributed by atoms with van der Waals surface area (Å²) < 4.78 is 6.16. The van der Waals surface area contributed by atoms with Crippen LogP contribution in [0.15, 0.2) is 83.6 Å². The second kappa shape index (κ2) is 5.00. The second-order valence-corrected chi connectivity index (χ2v) is 5.75. The van der Waals surface area contributed by atoms with E-state index in [-0.39, 0.29) is 6.04 Å². The fraction of sp³-hybridized carbons (Fsp3) is 0.100. The molecule has 2 heteroatoms. The molecule has 0 spiro atoms. The Morgan fingerprint density at radius 1 is 1.09 bits per heavy atom. The van der Waals surface area contributed by atoms with Crippen molar-refractivity contribution in [1.29, 1.82) is 0 Å². The summed E-state index contributed by atoms with van der Waals surface area (Å²) in [7, 11) is 0. The van der Waals surface area contributed by atoms with Crippen LogP contribution >= 0.6 is 0 Å². The number of hydrogen-bond acceptors (Lipinski definition) is 1. The van der Waals surface area contributed by atoms with Gasteiger partial charge in [0.1, 0.15) is 17.2 Å². The van der Waals surface area contributed by atoms with Gasteiger partial charge < -0.3 is 4.42 Å². The SMILES string of the molecule is C=C[NH+]1C=CC(C)=CC1c1cccc2c1oc1ccccc12. The number of nitrogens with one attached hydrogen (secondary N) is 1. The summed E-state index contributed by atoms with van der Waals surface area (Å²) in [6, 6.07) is 14.8. The fourth-order valence-corrected chi connectivity index (χ4v) is 3.22. The summed E-state index contributed by atoms with van der Waals surface area (Å²) >= 11 is 0. The minimum atomic E-state index is 0.201. The summed E-state index contributed by atoms with van der Waals surface area (Å²) in [5, 5.41) is 2.35. The molecule has 0 bridgehead atoms. The molecular weight excluding hydrogens is 270 g/mol. The number of benzene rings is 2. The van der Waals surface area contributed by atoms with Gasteiger partial charge in [0.25, 0.3) is 0 Å². The zero-order valence-electron chi connectivity index (χ0n) is 12.5. The van der Waals surface area contributed by atoms with Crippen LogP contribution in [0.1, 0.15) is 18.5 Å². The first-order valence-corrected chi connectivity index (χ1v) is 7.54. The maximum absolute atomic E-state index is 6.16. The van der Waals surface area contributed by atoms with Gasteiger partial charge in [-0.2, -0.15) is 0 Å². The lowest BCUT2D eigenvalue weighted by atomic mass is 9.98. The average molecular weight is 288 g/mol. The van der Waals surface area contributed by atoms with Crippen molar-refractivity contribution in [2.24, 2.45) is 0 Å². The van der Waals surface area contributed by atoms with E-state index in [1.54, 1.807) is 0 Å². The van der Waals surface area contributed by atoms with Crippen molar-refractivity contribution >= 4 is 21.9 Å². The largest absolute Gasteiger partial charge is 0.456 e. The highest BCUT2D eigenvalue weighted by atomic mass is 16.3. The quantitative estimate of drug-likeness (QED) is 0.750. The lowest BCUT2D eigenvalue weighted by Crippen LogP contribution is -3.03. The molecule has 0 saturated heterocycles. The number of fused-ring (bicyclic) bond motifs is 3. The van der Waals surface area contributed by atoms with E-state index in [0.717, 1.165) is 11.2 Å². The maximum Gasteiger partial charge on any atom is 0.144 e. The lowest BCUT2D eigenvalue weighted by Gasteiger charge is -2.23. The molecule has 1 aliphatic rings. The van der Waals surface area contributed by atoms with Gasteiger partial charge in [0.05, 0.1) is 18.0 Å². The molecule has 22 heavy (non-hydrogen) atoms. The van der Waals surface area contributed by atoms with E-state index in [1.807, 2.05) is 18.3 Å². The fourth-order valence-electron chi connectivity index (χ4n) is 3.22. The molecule has 108 valence electrons. The van der Waals surface area contributed by atoms with Crippen molar-refractivity contribution in [3.8, 4) is 0 Å². The van der Waals surface area contributed by atoms with Crippen LogP contribution in [0.2, 0.25) is 0 Å². The highest BCUT2D eigenvalue weighted by Crippen LogP contribution is 2.33. The van der Waals surface area contributed by atoms with Gasteiger partial charge in [0, 0.05) is 10.8 Å². The maximum atomic E-state index is 6.16. The first-order chi connectivity index (χ1) is 10.8. The van der Waals surface area contributed by atoms with Gasteiger partial charge in [0.15, 0.2) is 0 Å². The average Bonchev–Trinajstić information content (AvgIpc) is 2.93. The molecular formula is C20H18NO+. The summed E-state index contributed by atoms with van der Waals surface area (Å²) in [6.07, 6.45) is 8.49. The van der Waals surface area contributed by atoms with Crippen molar-refractivity contribution in [3.05, 3.63) is 84.7 Å². The molecule has 1 N–H and O–H groups in total. The summed E-state index contributed by atoms with van der Waals surface area (Å²) in [5.74, 6) is 0. The highest BCUT2D eigenvalue weighted by Gasteiger charge is 2.25. The Morgan fingerprint density at radius 3 is 2.77 bits per heavy atom. The van der Waals surface area contributed by atoms with Gasteiger partial charge >= 0.3 is 0 Å². The minimum absolute atomic E-state index is 0.201. The third-order valence-corrected chi connectivity index (χ3v) is 4.33. The van der Waals surface area contributed by atoms with Gasteiger partial charge in [-0.1, -0.05) is 30.3 Å². The van der Waals surface area contributed by atoms with Crippen LogP contribution in [0.3, 0.4) is 0 Å².